The molecule has 2 aromatic rings. The second kappa shape index (κ2) is 6.07. The quantitative estimate of drug-likeness (QED) is 0.821. The third-order valence-corrected chi connectivity index (χ3v) is 4.18. The minimum absolute atomic E-state index is 0.0177. The molecule has 1 aromatic carbocycles. The van der Waals surface area contributed by atoms with Gasteiger partial charge >= 0.3 is 0 Å². The summed E-state index contributed by atoms with van der Waals surface area (Å²) in [5.74, 6) is 6.45. The van der Waals surface area contributed by atoms with Crippen LogP contribution in [0.4, 0.5) is 4.39 Å². The molecule has 1 unspecified atom stereocenters. The number of rotatable bonds is 1. The lowest BCUT2D eigenvalue weighted by molar-refractivity contribution is 0.167. The van der Waals surface area contributed by atoms with Crippen molar-refractivity contribution in [1.29, 1.82) is 0 Å². The van der Waals surface area contributed by atoms with Crippen LogP contribution in [0.25, 0.3) is 0 Å². The molecule has 0 saturated carbocycles. The Kier molecular flexibility index (Phi) is 4.12. The first-order valence-corrected chi connectivity index (χ1v) is 7.51. The van der Waals surface area contributed by atoms with Gasteiger partial charge in [0, 0.05) is 30.0 Å². The van der Waals surface area contributed by atoms with Crippen LogP contribution in [0.2, 0.25) is 0 Å². The topological polar surface area (TPSA) is 41.1 Å². The summed E-state index contributed by atoms with van der Waals surface area (Å²) in [7, 11) is 2.07. The second-order valence-corrected chi connectivity index (χ2v) is 6.29. The Labute approximate surface area is 135 Å². The van der Waals surface area contributed by atoms with E-state index in [4.69, 9.17) is 0 Å². The number of benzene rings is 1. The van der Waals surface area contributed by atoms with Crippen molar-refractivity contribution in [2.45, 2.75) is 25.6 Å². The molecule has 3 rings (SSSR count). The van der Waals surface area contributed by atoms with Crippen molar-refractivity contribution in [3.8, 4) is 11.8 Å². The maximum atomic E-state index is 12.9. The molecular weight excluding hydrogens is 291 g/mol. The molecule has 1 aliphatic rings. The first-order valence-electron chi connectivity index (χ1n) is 7.51. The van der Waals surface area contributed by atoms with Gasteiger partial charge in [-0.1, -0.05) is 11.8 Å². The smallest absolute Gasteiger partial charge is 0.160 e. The molecule has 4 nitrogen and oxygen atoms in total. The molecule has 1 saturated heterocycles. The summed E-state index contributed by atoms with van der Waals surface area (Å²) < 4.78 is 12.9. The molecule has 1 aliphatic heterocycles. The Morgan fingerprint density at radius 3 is 2.30 bits per heavy atom. The Morgan fingerprint density at radius 1 is 1.13 bits per heavy atom. The van der Waals surface area contributed by atoms with E-state index in [2.05, 4.69) is 52.9 Å². The number of aromatic nitrogens is 2. The van der Waals surface area contributed by atoms with Crippen LogP contribution in [-0.4, -0.2) is 34.0 Å². The van der Waals surface area contributed by atoms with Crippen LogP contribution in [0.3, 0.4) is 0 Å². The largest absolute Gasteiger partial charge is 0.293 e. The summed E-state index contributed by atoms with van der Waals surface area (Å²) in [6, 6.07) is 6.09. The fourth-order valence-corrected chi connectivity index (χ4v) is 2.44. The first kappa shape index (κ1) is 15.6. The molecule has 1 N–H and O–H groups in total. The standard InChI is InChI=1S/C18H19FN4/c1-18(2)12-22-17(23(18)3)16-20-10-14(11-21-16)5-4-13-6-8-15(19)9-7-13/h6-11,17,22H,12H2,1-3H3. The van der Waals surface area contributed by atoms with Crippen LogP contribution in [0.15, 0.2) is 36.7 Å². The van der Waals surface area contributed by atoms with E-state index in [9.17, 15) is 4.39 Å². The molecule has 23 heavy (non-hydrogen) atoms. The molecule has 0 radical (unpaired) electrons. The highest BCUT2D eigenvalue weighted by Crippen LogP contribution is 2.28. The SMILES string of the molecule is CN1C(c2ncc(C#Cc3ccc(F)cc3)cn2)NCC1(C)C. The fourth-order valence-electron chi connectivity index (χ4n) is 2.44. The van der Waals surface area contributed by atoms with Crippen molar-refractivity contribution in [2.75, 3.05) is 13.6 Å². The lowest BCUT2D eigenvalue weighted by Crippen LogP contribution is -2.38. The maximum Gasteiger partial charge on any atom is 0.160 e. The van der Waals surface area contributed by atoms with Gasteiger partial charge in [-0.25, -0.2) is 14.4 Å². The highest BCUT2D eigenvalue weighted by Gasteiger charge is 2.38. The van der Waals surface area contributed by atoms with E-state index < -0.39 is 0 Å². The van der Waals surface area contributed by atoms with Gasteiger partial charge in [0.15, 0.2) is 5.82 Å². The van der Waals surface area contributed by atoms with Gasteiger partial charge in [0.25, 0.3) is 0 Å². The van der Waals surface area contributed by atoms with Crippen molar-refractivity contribution < 1.29 is 4.39 Å². The third-order valence-electron chi connectivity index (χ3n) is 4.18. The Bertz CT molecular complexity index is 741. The number of halogens is 1. The van der Waals surface area contributed by atoms with E-state index in [1.807, 2.05) is 0 Å². The molecule has 1 aromatic heterocycles. The minimum atomic E-state index is -0.264. The lowest BCUT2D eigenvalue weighted by atomic mass is 10.1. The van der Waals surface area contributed by atoms with E-state index >= 15 is 0 Å². The predicted octanol–water partition coefficient (Wildman–Crippen LogP) is 2.33. The molecule has 5 heteroatoms. The zero-order valence-corrected chi connectivity index (χ0v) is 13.5. The molecule has 0 amide bonds. The molecule has 0 aliphatic carbocycles. The normalized spacial score (nSPS) is 20.1. The van der Waals surface area contributed by atoms with Crippen LogP contribution in [0.1, 0.15) is 37.0 Å². The molecule has 0 bridgehead atoms. The highest BCUT2D eigenvalue weighted by molar-refractivity contribution is 5.41. The van der Waals surface area contributed by atoms with Crippen molar-refractivity contribution in [1.82, 2.24) is 20.2 Å². The van der Waals surface area contributed by atoms with E-state index in [1.54, 1.807) is 24.5 Å². The number of hydrogen-bond acceptors (Lipinski definition) is 4. The highest BCUT2D eigenvalue weighted by atomic mass is 19.1. The molecule has 2 heterocycles. The van der Waals surface area contributed by atoms with Crippen molar-refractivity contribution >= 4 is 0 Å². The van der Waals surface area contributed by atoms with E-state index in [-0.39, 0.29) is 17.5 Å². The van der Waals surface area contributed by atoms with Gasteiger partial charge in [0.2, 0.25) is 0 Å². The third kappa shape index (κ3) is 3.39. The summed E-state index contributed by atoms with van der Waals surface area (Å²) >= 11 is 0. The van der Waals surface area contributed by atoms with Crippen LogP contribution >= 0.6 is 0 Å². The van der Waals surface area contributed by atoms with Crippen LogP contribution in [0, 0.1) is 17.7 Å². The summed E-state index contributed by atoms with van der Waals surface area (Å²) in [4.78, 5) is 11.1. The number of likely N-dealkylation sites (N-methyl/N-ethyl adjacent to an activating group) is 1. The monoisotopic (exact) mass is 310 g/mol. The molecule has 118 valence electrons. The maximum absolute atomic E-state index is 12.9. The molecule has 1 atom stereocenters. The average molecular weight is 310 g/mol. The van der Waals surface area contributed by atoms with Gasteiger partial charge in [-0.15, -0.1) is 0 Å². The van der Waals surface area contributed by atoms with Crippen molar-refractivity contribution in [2.24, 2.45) is 0 Å². The van der Waals surface area contributed by atoms with Gasteiger partial charge in [0.05, 0.1) is 5.56 Å². The van der Waals surface area contributed by atoms with Gasteiger partial charge in [0.1, 0.15) is 12.0 Å². The summed E-state index contributed by atoms with van der Waals surface area (Å²) in [6.07, 6.45) is 3.46. The summed E-state index contributed by atoms with van der Waals surface area (Å²) in [5.41, 5.74) is 1.57. The summed E-state index contributed by atoms with van der Waals surface area (Å²) in [5, 5.41) is 3.42. The predicted molar refractivity (Wildman–Crippen MR) is 87.0 cm³/mol. The Morgan fingerprint density at radius 2 is 1.74 bits per heavy atom. The van der Waals surface area contributed by atoms with Crippen LogP contribution in [0.5, 0.6) is 0 Å². The van der Waals surface area contributed by atoms with Crippen LogP contribution in [-0.2, 0) is 0 Å². The average Bonchev–Trinajstić information content (AvgIpc) is 2.81. The molecule has 1 fully saturated rings. The van der Waals surface area contributed by atoms with Crippen molar-refractivity contribution in [3.63, 3.8) is 0 Å². The number of nitrogens with one attached hydrogen (secondary N) is 1. The van der Waals surface area contributed by atoms with E-state index in [0.717, 1.165) is 23.5 Å². The van der Waals surface area contributed by atoms with Gasteiger partial charge < -0.3 is 0 Å². The first-order chi connectivity index (χ1) is 11.0. The summed E-state index contributed by atoms with van der Waals surface area (Å²) in [6.45, 7) is 5.26. The number of nitrogens with zero attached hydrogens (tertiary/aromatic N) is 3. The van der Waals surface area contributed by atoms with Gasteiger partial charge in [-0.3, -0.25) is 10.2 Å². The lowest BCUT2D eigenvalue weighted by Gasteiger charge is -2.29. The molecule has 0 spiro atoms. The van der Waals surface area contributed by atoms with Crippen molar-refractivity contribution in [3.05, 3.63) is 59.4 Å². The van der Waals surface area contributed by atoms with Crippen LogP contribution < -0.4 is 5.32 Å². The second-order valence-electron chi connectivity index (χ2n) is 6.29. The zero-order valence-electron chi connectivity index (χ0n) is 13.5. The fraction of sp³-hybridized carbons (Fsp3) is 0.333. The number of hydrogen-bond donors (Lipinski definition) is 1. The Hall–Kier alpha value is -2.29. The van der Waals surface area contributed by atoms with E-state index in [0.29, 0.717) is 0 Å². The van der Waals surface area contributed by atoms with Gasteiger partial charge in [-0.2, -0.15) is 0 Å². The zero-order chi connectivity index (χ0) is 16.4. The van der Waals surface area contributed by atoms with E-state index in [1.165, 1.54) is 12.1 Å². The molecular formula is C18H19FN4. The Balaban J connectivity index is 1.74. The van der Waals surface area contributed by atoms with Gasteiger partial charge in [-0.05, 0) is 45.2 Å². The minimum Gasteiger partial charge on any atom is -0.293 e.